The summed E-state index contributed by atoms with van der Waals surface area (Å²) in [7, 11) is 0. The molecule has 0 unspecified atom stereocenters. The summed E-state index contributed by atoms with van der Waals surface area (Å²) in [6.45, 7) is 1.19. The van der Waals surface area contributed by atoms with Gasteiger partial charge in [-0.05, 0) is 41.6 Å². The summed E-state index contributed by atoms with van der Waals surface area (Å²) in [5.74, 6) is -0.446. The fraction of sp³-hybridized carbons (Fsp3) is 0.222. The van der Waals surface area contributed by atoms with Crippen molar-refractivity contribution in [1.82, 2.24) is 0 Å². The van der Waals surface area contributed by atoms with Crippen LogP contribution >= 0.6 is 34.2 Å². The van der Waals surface area contributed by atoms with Gasteiger partial charge in [-0.2, -0.15) is 13.2 Å². The van der Waals surface area contributed by atoms with Crippen molar-refractivity contribution in [3.05, 3.63) is 31.9 Å². The van der Waals surface area contributed by atoms with E-state index in [2.05, 4.69) is 0 Å². The number of halogens is 5. The van der Waals surface area contributed by atoms with Crippen LogP contribution in [0.4, 0.5) is 13.2 Å². The lowest BCUT2D eigenvalue weighted by atomic mass is 10.1. The smallest absolute Gasteiger partial charge is 0.295 e. The van der Waals surface area contributed by atoms with Crippen molar-refractivity contribution >= 4 is 40.0 Å². The third kappa shape index (κ3) is 2.84. The Labute approximate surface area is 103 Å². The number of alkyl halides is 3. The first-order valence-electron chi connectivity index (χ1n) is 3.80. The monoisotopic (exact) mass is 348 g/mol. The van der Waals surface area contributed by atoms with Crippen molar-refractivity contribution in [3.8, 4) is 0 Å². The van der Waals surface area contributed by atoms with E-state index in [1.165, 1.54) is 35.6 Å². The van der Waals surface area contributed by atoms with E-state index in [1.54, 1.807) is 0 Å². The molecule has 0 amide bonds. The van der Waals surface area contributed by atoms with Gasteiger partial charge in [-0.15, -0.1) is 0 Å². The summed E-state index contributed by atoms with van der Waals surface area (Å²) in [5.41, 5.74) is -0.909. The maximum absolute atomic E-state index is 12.5. The van der Waals surface area contributed by atoms with Gasteiger partial charge in [0, 0.05) is 9.13 Å². The first kappa shape index (κ1) is 12.8. The van der Waals surface area contributed by atoms with Crippen molar-refractivity contribution in [2.45, 2.75) is 13.1 Å². The van der Waals surface area contributed by atoms with Gasteiger partial charge >= 0.3 is 6.18 Å². The van der Waals surface area contributed by atoms with Crippen LogP contribution in [0.1, 0.15) is 22.8 Å². The van der Waals surface area contributed by atoms with E-state index in [9.17, 15) is 18.0 Å². The molecule has 0 bridgehead atoms. The molecule has 1 aromatic carbocycles. The number of Topliss-reactive ketones (excluding diaryl/α,β-unsaturated/α-hetero) is 1. The predicted molar refractivity (Wildman–Crippen MR) is 59.2 cm³/mol. The third-order valence-electron chi connectivity index (χ3n) is 1.74. The summed E-state index contributed by atoms with van der Waals surface area (Å²) in [5, 5.41) is -0.0596. The normalized spacial score (nSPS) is 11.6. The highest BCUT2D eigenvalue weighted by atomic mass is 127. The molecule has 0 aliphatic rings. The van der Waals surface area contributed by atoms with E-state index in [0.717, 1.165) is 6.07 Å². The van der Waals surface area contributed by atoms with Crippen molar-refractivity contribution in [1.29, 1.82) is 0 Å². The molecule has 1 rings (SSSR count). The molecule has 1 nitrogen and oxygen atoms in total. The minimum atomic E-state index is -4.49. The average molecular weight is 348 g/mol. The van der Waals surface area contributed by atoms with E-state index in [-0.39, 0.29) is 14.2 Å². The van der Waals surface area contributed by atoms with Gasteiger partial charge in [-0.1, -0.05) is 11.6 Å². The largest absolute Gasteiger partial charge is 0.417 e. The Balaban J connectivity index is 3.45. The number of hydrogen-bond donors (Lipinski definition) is 0. The quantitative estimate of drug-likeness (QED) is 0.550. The van der Waals surface area contributed by atoms with E-state index < -0.39 is 17.5 Å². The minimum Gasteiger partial charge on any atom is -0.295 e. The lowest BCUT2D eigenvalue weighted by Crippen LogP contribution is -2.09. The molecule has 0 aliphatic carbocycles. The molecule has 0 fully saturated rings. The maximum atomic E-state index is 12.5. The molecule has 82 valence electrons. The number of hydrogen-bond acceptors (Lipinski definition) is 1. The van der Waals surface area contributed by atoms with Gasteiger partial charge in [0.05, 0.1) is 10.6 Å². The summed E-state index contributed by atoms with van der Waals surface area (Å²) in [6, 6.07) is 2.05. The molecule has 0 N–H and O–H groups in total. The second-order valence-electron chi connectivity index (χ2n) is 2.87. The van der Waals surface area contributed by atoms with Crippen molar-refractivity contribution in [3.63, 3.8) is 0 Å². The van der Waals surface area contributed by atoms with Crippen molar-refractivity contribution < 1.29 is 18.0 Å². The molecule has 0 saturated heterocycles. The Kier molecular flexibility index (Phi) is 3.65. The Hall–Kier alpha value is -0.300. The van der Waals surface area contributed by atoms with Crippen LogP contribution in [0.25, 0.3) is 0 Å². The maximum Gasteiger partial charge on any atom is 0.417 e. The first-order chi connectivity index (χ1) is 6.73. The van der Waals surface area contributed by atoms with Gasteiger partial charge in [-0.25, -0.2) is 0 Å². The Morgan fingerprint density at radius 2 is 1.93 bits per heavy atom. The molecule has 0 radical (unpaired) electrons. The number of benzene rings is 1. The molecule has 0 aliphatic heterocycles. The van der Waals surface area contributed by atoms with Gasteiger partial charge in [0.2, 0.25) is 0 Å². The Morgan fingerprint density at radius 3 is 2.33 bits per heavy atom. The molecule has 15 heavy (non-hydrogen) atoms. The van der Waals surface area contributed by atoms with Gasteiger partial charge in [-0.3, -0.25) is 4.79 Å². The van der Waals surface area contributed by atoms with Gasteiger partial charge in [0.1, 0.15) is 0 Å². The van der Waals surface area contributed by atoms with E-state index in [1.807, 2.05) is 0 Å². The number of ketones is 1. The highest BCUT2D eigenvalue weighted by Crippen LogP contribution is 2.36. The van der Waals surface area contributed by atoms with Crippen LogP contribution in [0.2, 0.25) is 5.02 Å². The van der Waals surface area contributed by atoms with E-state index >= 15 is 0 Å². The van der Waals surface area contributed by atoms with Crippen molar-refractivity contribution in [2.75, 3.05) is 0 Å². The van der Waals surface area contributed by atoms with Crippen LogP contribution < -0.4 is 0 Å². The molecule has 0 spiro atoms. The van der Waals surface area contributed by atoms with Crippen LogP contribution in [-0.2, 0) is 6.18 Å². The van der Waals surface area contributed by atoms with E-state index in [4.69, 9.17) is 11.6 Å². The fourth-order valence-corrected chi connectivity index (χ4v) is 1.84. The fourth-order valence-electron chi connectivity index (χ4n) is 0.999. The topological polar surface area (TPSA) is 17.1 Å². The average Bonchev–Trinajstić information content (AvgIpc) is 2.06. The molecule has 0 saturated carbocycles. The number of carbonyl (C=O) groups excluding carboxylic acids is 1. The van der Waals surface area contributed by atoms with Crippen LogP contribution in [-0.4, -0.2) is 5.78 Å². The SMILES string of the molecule is CC(=O)c1cc(Cl)c(I)c(C(F)(F)F)c1. The zero-order valence-electron chi connectivity index (χ0n) is 7.45. The van der Waals surface area contributed by atoms with Gasteiger partial charge in [0.25, 0.3) is 0 Å². The Morgan fingerprint density at radius 1 is 1.40 bits per heavy atom. The second kappa shape index (κ2) is 4.29. The third-order valence-corrected chi connectivity index (χ3v) is 3.52. The molecular weight excluding hydrogens is 343 g/mol. The van der Waals surface area contributed by atoms with Crippen LogP contribution in [0.3, 0.4) is 0 Å². The summed E-state index contributed by atoms with van der Waals surface area (Å²) in [4.78, 5) is 11.0. The summed E-state index contributed by atoms with van der Waals surface area (Å²) < 4.78 is 37.4. The molecule has 0 heterocycles. The molecular formula is C9H5ClF3IO. The lowest BCUT2D eigenvalue weighted by Gasteiger charge is -2.11. The Bertz CT molecular complexity index is 415. The first-order valence-corrected chi connectivity index (χ1v) is 5.26. The molecule has 0 atom stereocenters. The zero-order chi connectivity index (χ0) is 11.8. The lowest BCUT2D eigenvalue weighted by molar-refractivity contribution is -0.138. The molecule has 0 aromatic heterocycles. The highest BCUT2D eigenvalue weighted by Gasteiger charge is 2.34. The van der Waals surface area contributed by atoms with E-state index in [0.29, 0.717) is 0 Å². The number of rotatable bonds is 1. The summed E-state index contributed by atoms with van der Waals surface area (Å²) >= 11 is 7.12. The number of carbonyl (C=O) groups is 1. The summed E-state index contributed by atoms with van der Waals surface area (Å²) in [6.07, 6.45) is -4.49. The van der Waals surface area contributed by atoms with Crippen molar-refractivity contribution in [2.24, 2.45) is 0 Å². The highest BCUT2D eigenvalue weighted by molar-refractivity contribution is 14.1. The zero-order valence-corrected chi connectivity index (χ0v) is 10.4. The van der Waals surface area contributed by atoms with Crippen LogP contribution in [0, 0.1) is 3.57 Å². The van der Waals surface area contributed by atoms with Gasteiger partial charge in [0.15, 0.2) is 5.78 Å². The van der Waals surface area contributed by atoms with Crippen LogP contribution in [0.15, 0.2) is 12.1 Å². The van der Waals surface area contributed by atoms with Gasteiger partial charge < -0.3 is 0 Å². The van der Waals surface area contributed by atoms with Crippen LogP contribution in [0.5, 0.6) is 0 Å². The molecule has 6 heteroatoms. The second-order valence-corrected chi connectivity index (χ2v) is 4.36. The predicted octanol–water partition coefficient (Wildman–Crippen LogP) is 4.17. The standard InChI is InChI=1S/C9H5ClF3IO/c1-4(15)5-2-6(9(11,12)13)8(14)7(10)3-5/h2-3H,1H3. The minimum absolute atomic E-state index is 0.0345. The molecule has 1 aromatic rings.